The summed E-state index contributed by atoms with van der Waals surface area (Å²) < 4.78 is 1.41. The van der Waals surface area contributed by atoms with Crippen LogP contribution in [0.3, 0.4) is 0 Å². The molecule has 1 N–H and O–H groups in total. The molecule has 22 heavy (non-hydrogen) atoms. The summed E-state index contributed by atoms with van der Waals surface area (Å²) in [5.74, 6) is -0.236. The van der Waals surface area contributed by atoms with Gasteiger partial charge < -0.3 is 5.32 Å². The number of nitrogens with one attached hydrogen (secondary N) is 1. The number of nitrogens with zero attached hydrogens (tertiary/aromatic N) is 2. The first kappa shape index (κ1) is 15.9. The van der Waals surface area contributed by atoms with Crippen molar-refractivity contribution < 1.29 is 4.79 Å². The number of carbonyl (C=O) groups excluding carboxylic acids is 1. The predicted octanol–water partition coefficient (Wildman–Crippen LogP) is 2.62. The lowest BCUT2D eigenvalue weighted by Crippen LogP contribution is -2.34. The SMILES string of the molecule is CCc1ccc(NC(=O)[C@@H](C)n2c(C)cc(C)nc2=O)cc1. The standard InChI is InChI=1S/C17H21N3O2/c1-5-14-6-8-15(9-7-14)19-16(21)13(4)20-12(3)10-11(2)18-17(20)22/h6-10,13H,5H2,1-4H3,(H,19,21)/t13-/m1/s1. The Balaban J connectivity index is 2.20. The molecular weight excluding hydrogens is 278 g/mol. The number of aromatic nitrogens is 2. The van der Waals surface area contributed by atoms with Gasteiger partial charge in [0.05, 0.1) is 0 Å². The Morgan fingerprint density at radius 3 is 2.45 bits per heavy atom. The number of amides is 1. The van der Waals surface area contributed by atoms with Gasteiger partial charge in [-0.3, -0.25) is 9.36 Å². The topological polar surface area (TPSA) is 64.0 Å². The molecule has 1 aromatic carbocycles. The Bertz CT molecular complexity index is 733. The summed E-state index contributed by atoms with van der Waals surface area (Å²) in [6.45, 7) is 7.34. The Morgan fingerprint density at radius 1 is 1.27 bits per heavy atom. The van der Waals surface area contributed by atoms with Crippen LogP contribution in [0.2, 0.25) is 0 Å². The summed E-state index contributed by atoms with van der Waals surface area (Å²) in [7, 11) is 0. The maximum atomic E-state index is 12.4. The quantitative estimate of drug-likeness (QED) is 0.944. The third-order valence-electron chi connectivity index (χ3n) is 3.67. The van der Waals surface area contributed by atoms with Crippen molar-refractivity contribution in [2.45, 2.75) is 40.2 Å². The van der Waals surface area contributed by atoms with E-state index in [-0.39, 0.29) is 5.91 Å². The molecular formula is C17H21N3O2. The van der Waals surface area contributed by atoms with E-state index >= 15 is 0 Å². The minimum atomic E-state index is -0.619. The second-order valence-electron chi connectivity index (χ2n) is 5.41. The van der Waals surface area contributed by atoms with Gasteiger partial charge in [-0.2, -0.15) is 4.98 Å². The van der Waals surface area contributed by atoms with E-state index < -0.39 is 11.7 Å². The molecule has 0 aliphatic heterocycles. The van der Waals surface area contributed by atoms with Gasteiger partial charge in [-0.25, -0.2) is 4.79 Å². The van der Waals surface area contributed by atoms with E-state index in [0.29, 0.717) is 5.69 Å². The third kappa shape index (κ3) is 3.42. The molecule has 1 amide bonds. The first-order valence-corrected chi connectivity index (χ1v) is 7.39. The van der Waals surface area contributed by atoms with E-state index in [2.05, 4.69) is 17.2 Å². The molecule has 5 nitrogen and oxygen atoms in total. The summed E-state index contributed by atoms with van der Waals surface area (Å²) in [6, 6.07) is 8.86. The van der Waals surface area contributed by atoms with Crippen LogP contribution in [-0.2, 0) is 11.2 Å². The zero-order valence-electron chi connectivity index (χ0n) is 13.4. The molecule has 0 saturated heterocycles. The highest BCUT2D eigenvalue weighted by Crippen LogP contribution is 2.14. The fourth-order valence-electron chi connectivity index (χ4n) is 2.42. The van der Waals surface area contributed by atoms with Gasteiger partial charge in [0.25, 0.3) is 0 Å². The Morgan fingerprint density at radius 2 is 1.91 bits per heavy atom. The Hall–Kier alpha value is -2.43. The summed E-state index contributed by atoms with van der Waals surface area (Å²) in [4.78, 5) is 28.3. The lowest BCUT2D eigenvalue weighted by atomic mass is 10.1. The maximum absolute atomic E-state index is 12.4. The van der Waals surface area contributed by atoms with Crippen LogP contribution >= 0.6 is 0 Å². The lowest BCUT2D eigenvalue weighted by Gasteiger charge is -2.17. The van der Waals surface area contributed by atoms with Crippen LogP contribution < -0.4 is 11.0 Å². The highest BCUT2D eigenvalue weighted by molar-refractivity contribution is 5.93. The zero-order valence-corrected chi connectivity index (χ0v) is 13.4. The second-order valence-corrected chi connectivity index (χ2v) is 5.41. The van der Waals surface area contributed by atoms with E-state index in [9.17, 15) is 9.59 Å². The molecule has 0 saturated carbocycles. The predicted molar refractivity (Wildman–Crippen MR) is 87.1 cm³/mol. The average Bonchev–Trinajstić information content (AvgIpc) is 2.46. The number of benzene rings is 1. The van der Waals surface area contributed by atoms with E-state index in [1.54, 1.807) is 26.8 Å². The molecule has 116 valence electrons. The van der Waals surface area contributed by atoms with Gasteiger partial charge in [0.1, 0.15) is 6.04 Å². The fourth-order valence-corrected chi connectivity index (χ4v) is 2.42. The van der Waals surface area contributed by atoms with Crippen LogP contribution in [0.25, 0.3) is 0 Å². The molecule has 2 rings (SSSR count). The summed E-state index contributed by atoms with van der Waals surface area (Å²) >= 11 is 0. The van der Waals surface area contributed by atoms with Gasteiger partial charge in [-0.1, -0.05) is 19.1 Å². The monoisotopic (exact) mass is 299 g/mol. The fraction of sp³-hybridized carbons (Fsp3) is 0.353. The molecule has 1 aromatic heterocycles. The molecule has 0 fully saturated rings. The van der Waals surface area contributed by atoms with Gasteiger partial charge in [0, 0.05) is 17.1 Å². The Kier molecular flexibility index (Phi) is 4.75. The maximum Gasteiger partial charge on any atom is 0.348 e. The van der Waals surface area contributed by atoms with Crippen molar-refractivity contribution in [2.75, 3.05) is 5.32 Å². The molecule has 0 aliphatic carbocycles. The highest BCUT2D eigenvalue weighted by Gasteiger charge is 2.18. The van der Waals surface area contributed by atoms with Crippen LogP contribution in [0.1, 0.15) is 36.8 Å². The number of aryl methyl sites for hydroxylation is 3. The third-order valence-corrected chi connectivity index (χ3v) is 3.67. The Labute approximate surface area is 130 Å². The van der Waals surface area contributed by atoms with Crippen molar-refractivity contribution in [2.24, 2.45) is 0 Å². The molecule has 2 aromatic rings. The van der Waals surface area contributed by atoms with Crippen LogP contribution in [-0.4, -0.2) is 15.5 Å². The molecule has 0 aliphatic rings. The van der Waals surface area contributed by atoms with Gasteiger partial charge >= 0.3 is 5.69 Å². The highest BCUT2D eigenvalue weighted by atomic mass is 16.2. The van der Waals surface area contributed by atoms with Gasteiger partial charge in [0.15, 0.2) is 0 Å². The van der Waals surface area contributed by atoms with Crippen LogP contribution in [0.5, 0.6) is 0 Å². The molecule has 1 atom stereocenters. The molecule has 0 unspecified atom stereocenters. The summed E-state index contributed by atoms with van der Waals surface area (Å²) in [6.07, 6.45) is 0.953. The molecule has 0 bridgehead atoms. The average molecular weight is 299 g/mol. The number of hydrogen-bond donors (Lipinski definition) is 1. The summed E-state index contributed by atoms with van der Waals surface area (Å²) in [5.41, 5.74) is 2.91. The van der Waals surface area contributed by atoms with Gasteiger partial charge in [-0.05, 0) is 51.0 Å². The first-order valence-electron chi connectivity index (χ1n) is 7.39. The van der Waals surface area contributed by atoms with Crippen LogP contribution in [0, 0.1) is 13.8 Å². The summed E-state index contributed by atoms with van der Waals surface area (Å²) in [5, 5.41) is 2.83. The van der Waals surface area contributed by atoms with E-state index in [1.165, 1.54) is 10.1 Å². The molecule has 1 heterocycles. The van der Waals surface area contributed by atoms with Crippen LogP contribution in [0.15, 0.2) is 35.1 Å². The van der Waals surface area contributed by atoms with Crippen molar-refractivity contribution in [1.29, 1.82) is 0 Å². The van der Waals surface area contributed by atoms with Crippen LogP contribution in [0.4, 0.5) is 5.69 Å². The van der Waals surface area contributed by atoms with Crippen molar-refractivity contribution in [3.63, 3.8) is 0 Å². The second kappa shape index (κ2) is 6.56. The molecule has 0 radical (unpaired) electrons. The largest absolute Gasteiger partial charge is 0.348 e. The number of anilines is 1. The molecule has 5 heteroatoms. The van der Waals surface area contributed by atoms with E-state index in [0.717, 1.165) is 17.8 Å². The van der Waals surface area contributed by atoms with E-state index in [4.69, 9.17) is 0 Å². The van der Waals surface area contributed by atoms with Gasteiger partial charge in [0.2, 0.25) is 5.91 Å². The van der Waals surface area contributed by atoms with Gasteiger partial charge in [-0.15, -0.1) is 0 Å². The zero-order chi connectivity index (χ0) is 16.3. The van der Waals surface area contributed by atoms with E-state index in [1.807, 2.05) is 24.3 Å². The minimum absolute atomic E-state index is 0.236. The first-order chi connectivity index (χ1) is 10.4. The number of rotatable bonds is 4. The van der Waals surface area contributed by atoms with Crippen molar-refractivity contribution in [3.05, 3.63) is 57.8 Å². The van der Waals surface area contributed by atoms with Crippen molar-refractivity contribution in [1.82, 2.24) is 9.55 Å². The number of carbonyl (C=O) groups is 1. The normalized spacial score (nSPS) is 12.0. The lowest BCUT2D eigenvalue weighted by molar-refractivity contribution is -0.118. The molecule has 0 spiro atoms. The van der Waals surface area contributed by atoms with Crippen molar-refractivity contribution in [3.8, 4) is 0 Å². The minimum Gasteiger partial charge on any atom is -0.324 e. The smallest absolute Gasteiger partial charge is 0.324 e. The number of hydrogen-bond acceptors (Lipinski definition) is 3. The van der Waals surface area contributed by atoms with Crippen molar-refractivity contribution >= 4 is 11.6 Å².